The summed E-state index contributed by atoms with van der Waals surface area (Å²) in [5.41, 5.74) is -0.565. The molecule has 0 aliphatic heterocycles. The molecule has 0 amide bonds. The number of aliphatic carboxylic acids is 1. The lowest BCUT2D eigenvalue weighted by Gasteiger charge is -2.11. The minimum atomic E-state index is -4.65. The van der Waals surface area contributed by atoms with Crippen molar-refractivity contribution in [1.29, 1.82) is 0 Å². The van der Waals surface area contributed by atoms with Gasteiger partial charge >= 0.3 is 12.1 Å². The molecule has 25 heavy (non-hydrogen) atoms. The fourth-order valence-corrected chi connectivity index (χ4v) is 2.15. The van der Waals surface area contributed by atoms with Crippen molar-refractivity contribution in [2.24, 2.45) is 4.99 Å². The molecule has 5 nitrogen and oxygen atoms in total. The number of hydrogen-bond donors (Lipinski definition) is 1. The number of carbonyl (C=O) groups is 1. The average molecular weight is 367 g/mol. The monoisotopic (exact) mass is 367 g/mol. The molecule has 2 unspecified atom stereocenters. The maximum Gasteiger partial charge on any atom is 0.418 e. The molecule has 0 aliphatic rings. The van der Waals surface area contributed by atoms with Crippen LogP contribution in [-0.2, 0) is 11.0 Å². The molecule has 0 spiro atoms. The van der Waals surface area contributed by atoms with Crippen LogP contribution in [0.3, 0.4) is 0 Å². The zero-order valence-electron chi connectivity index (χ0n) is 12.7. The van der Waals surface area contributed by atoms with E-state index in [2.05, 4.69) is 24.4 Å². The second kappa shape index (κ2) is 7.98. The topological polar surface area (TPSA) is 75.4 Å². The number of carboxylic acid groups (broad SMARTS) is 1. The maximum atomic E-state index is 12.8. The summed E-state index contributed by atoms with van der Waals surface area (Å²) >= 11 is 0. The second-order valence-electron chi connectivity index (χ2n) is 4.85. The van der Waals surface area contributed by atoms with Crippen LogP contribution in [0.2, 0.25) is 0 Å². The van der Waals surface area contributed by atoms with Crippen LogP contribution in [0, 0.1) is 0 Å². The van der Waals surface area contributed by atoms with Gasteiger partial charge in [0.1, 0.15) is 0 Å². The molecule has 0 aliphatic carbocycles. The maximum absolute atomic E-state index is 12.8. The van der Waals surface area contributed by atoms with Crippen molar-refractivity contribution in [1.82, 2.24) is 10.2 Å². The van der Waals surface area contributed by atoms with Crippen LogP contribution in [0.5, 0.6) is 0 Å². The van der Waals surface area contributed by atoms with Gasteiger partial charge in [-0.2, -0.15) is 23.4 Å². The highest BCUT2D eigenvalue weighted by Gasteiger charge is 2.33. The highest BCUT2D eigenvalue weighted by molar-refractivity contribution is 7.20. The first-order valence-corrected chi connectivity index (χ1v) is 7.63. The van der Waals surface area contributed by atoms with Crippen molar-refractivity contribution >= 4 is 20.9 Å². The molecule has 0 radical (unpaired) electrons. The smallest absolute Gasteiger partial charge is 0.418 e. The van der Waals surface area contributed by atoms with Gasteiger partial charge in [0, 0.05) is 0 Å². The highest BCUT2D eigenvalue weighted by atomic mass is 31.0. The van der Waals surface area contributed by atoms with Gasteiger partial charge in [-0.1, -0.05) is 36.1 Å². The summed E-state index contributed by atoms with van der Waals surface area (Å²) in [7, 11) is 2.33. The van der Waals surface area contributed by atoms with Gasteiger partial charge in [0.25, 0.3) is 0 Å². The molecule has 9 heteroatoms. The Morgan fingerprint density at radius 1 is 1.28 bits per heavy atom. The molecule has 1 heterocycles. The molecule has 0 saturated heterocycles. The molecule has 1 N–H and O–H groups in total. The fourth-order valence-electron chi connectivity index (χ4n) is 1.97. The van der Waals surface area contributed by atoms with E-state index >= 15 is 0 Å². The largest absolute Gasteiger partial charge is 0.479 e. The van der Waals surface area contributed by atoms with E-state index in [1.807, 2.05) is 0 Å². The summed E-state index contributed by atoms with van der Waals surface area (Å²) in [6, 6.07) is 7.69. The normalized spacial score (nSPS) is 13.8. The molecular weight excluding hydrogens is 354 g/mol. The van der Waals surface area contributed by atoms with Crippen LogP contribution in [0.1, 0.15) is 22.9 Å². The molecule has 2 aromatic rings. The van der Waals surface area contributed by atoms with Gasteiger partial charge in [-0.15, -0.1) is 9.24 Å². The van der Waals surface area contributed by atoms with Crippen LogP contribution in [0.4, 0.5) is 13.2 Å². The van der Waals surface area contributed by atoms with Crippen molar-refractivity contribution in [3.63, 3.8) is 0 Å². The van der Waals surface area contributed by atoms with E-state index in [9.17, 15) is 23.1 Å². The first kappa shape index (κ1) is 18.7. The number of hydrogen-bond acceptors (Lipinski definition) is 4. The predicted octanol–water partition coefficient (Wildman–Crippen LogP) is 3.50. The molecule has 2 rings (SSSR count). The van der Waals surface area contributed by atoms with Gasteiger partial charge in [0.05, 0.1) is 23.2 Å². The first-order chi connectivity index (χ1) is 11.8. The van der Waals surface area contributed by atoms with Gasteiger partial charge in [0.2, 0.25) is 0 Å². The van der Waals surface area contributed by atoms with Crippen molar-refractivity contribution in [3.05, 3.63) is 71.3 Å². The minimum Gasteiger partial charge on any atom is -0.479 e. The third-order valence-electron chi connectivity index (χ3n) is 3.11. The van der Waals surface area contributed by atoms with E-state index in [0.29, 0.717) is 23.5 Å². The van der Waals surface area contributed by atoms with Crippen LogP contribution >= 0.6 is 9.24 Å². The van der Waals surface area contributed by atoms with Gasteiger partial charge in [-0.05, 0) is 17.7 Å². The summed E-state index contributed by atoms with van der Waals surface area (Å²) in [4.78, 5) is 15.6. The molecular formula is C16H13F3N3O2P. The lowest BCUT2D eigenvalue weighted by atomic mass is 10.1. The number of allylic oxidation sites excluding steroid dienone is 1. The van der Waals surface area contributed by atoms with Gasteiger partial charge in [-0.25, -0.2) is 4.79 Å². The van der Waals surface area contributed by atoms with E-state index in [0.717, 1.165) is 0 Å². The zero-order chi connectivity index (χ0) is 18.4. The Kier molecular flexibility index (Phi) is 5.98. The van der Waals surface area contributed by atoms with Crippen molar-refractivity contribution in [2.75, 3.05) is 0 Å². The van der Waals surface area contributed by atoms with Crippen molar-refractivity contribution in [3.8, 4) is 0 Å². The number of aliphatic imine (C=N–C) groups is 1. The summed E-state index contributed by atoms with van der Waals surface area (Å²) in [6.07, 6.45) is -2.58. The lowest BCUT2D eigenvalue weighted by molar-refractivity contribution is -0.140. The van der Waals surface area contributed by atoms with E-state index < -0.39 is 29.4 Å². The number of nitrogens with zero attached hydrogens (tertiary/aromatic N) is 3. The molecule has 0 bridgehead atoms. The summed E-state index contributed by atoms with van der Waals surface area (Å²) in [5.74, 6) is 0.141. The van der Waals surface area contributed by atoms with Crippen molar-refractivity contribution in [2.45, 2.75) is 12.2 Å². The Hall–Kier alpha value is -2.60. The molecule has 0 fully saturated rings. The highest BCUT2D eigenvalue weighted by Crippen LogP contribution is 2.30. The molecule has 2 atom stereocenters. The third kappa shape index (κ3) is 4.93. The van der Waals surface area contributed by atoms with E-state index in [1.54, 1.807) is 36.1 Å². The number of benzene rings is 1. The molecule has 1 aromatic heterocycles. The number of alkyl halides is 3. The predicted molar refractivity (Wildman–Crippen MR) is 89.2 cm³/mol. The Balaban J connectivity index is 2.52. The quantitative estimate of drug-likeness (QED) is 0.648. The van der Waals surface area contributed by atoms with Crippen molar-refractivity contribution < 1.29 is 23.1 Å². The van der Waals surface area contributed by atoms with Crippen LogP contribution < -0.4 is 0 Å². The lowest BCUT2D eigenvalue weighted by Crippen LogP contribution is -2.16. The fraction of sp³-hybridized carbons (Fsp3) is 0.125. The van der Waals surface area contributed by atoms with Gasteiger partial charge in [0.15, 0.2) is 6.04 Å². The third-order valence-corrected chi connectivity index (χ3v) is 3.30. The van der Waals surface area contributed by atoms with Gasteiger partial charge < -0.3 is 5.11 Å². The van der Waals surface area contributed by atoms with Crippen LogP contribution in [0.25, 0.3) is 0 Å². The Labute approximate surface area is 143 Å². The molecule has 1 aromatic carbocycles. The molecule has 0 saturated carbocycles. The molecule has 130 valence electrons. The average Bonchev–Trinajstić information content (AvgIpc) is 2.58. The Bertz CT molecular complexity index is 808. The Morgan fingerprint density at radius 2 is 1.96 bits per heavy atom. The summed E-state index contributed by atoms with van der Waals surface area (Å²) < 4.78 is 38.4. The van der Waals surface area contributed by atoms with E-state index in [-0.39, 0.29) is 0 Å². The summed E-state index contributed by atoms with van der Waals surface area (Å²) in [6.45, 7) is 0. The number of aromatic nitrogens is 2. The number of rotatable bonds is 5. The van der Waals surface area contributed by atoms with Crippen LogP contribution in [-0.4, -0.2) is 27.0 Å². The standard InChI is InChI=1S/C16H13F3N3O2P/c17-16(18,19)11-8-13(22-20-9-11)14(15(23)24)21-12(6-7-25)10-4-2-1-3-5-10/h1-9,14H,25H2,(H,23,24)/b7-6-,21-12+. The number of carboxylic acids is 1. The first-order valence-electron chi connectivity index (χ1n) is 6.97. The number of halogens is 3. The second-order valence-corrected chi connectivity index (χ2v) is 5.23. The van der Waals surface area contributed by atoms with E-state index in [4.69, 9.17) is 0 Å². The minimum absolute atomic E-state index is 0.294. The Morgan fingerprint density at radius 3 is 2.52 bits per heavy atom. The SMILES string of the molecule is O=C(O)C(/N=C(\C=C/P)c1ccccc1)c1cc(C(F)(F)F)cnn1. The van der Waals surface area contributed by atoms with Gasteiger partial charge in [-0.3, -0.25) is 4.99 Å². The van der Waals surface area contributed by atoms with Crippen LogP contribution in [0.15, 0.2) is 59.5 Å². The zero-order valence-corrected chi connectivity index (χ0v) is 13.8. The van der Waals surface area contributed by atoms with E-state index in [1.165, 1.54) is 6.08 Å². The summed E-state index contributed by atoms with van der Waals surface area (Å²) in [5, 5.41) is 16.2.